The highest BCUT2D eigenvalue weighted by Crippen LogP contribution is 2.50. The molecule has 0 saturated heterocycles. The van der Waals surface area contributed by atoms with E-state index in [9.17, 15) is 0 Å². The van der Waals surface area contributed by atoms with Gasteiger partial charge in [0, 0.05) is 42.1 Å². The summed E-state index contributed by atoms with van der Waals surface area (Å²) in [4.78, 5) is 2.62. The molecule has 0 radical (unpaired) electrons. The Morgan fingerprint density at radius 1 is 0.362 bits per heavy atom. The minimum atomic E-state index is 0.884. The SMILES string of the molecule is c1ccc2c(c1)Sc1ccc(-c3ccc4c(c3)oc3cc(-c5cccc6oc7c8ccccc8ccc7c56)ccc34)c3cccc-2c13. The summed E-state index contributed by atoms with van der Waals surface area (Å²) in [5.41, 5.74) is 10.9. The summed E-state index contributed by atoms with van der Waals surface area (Å²) in [7, 11) is 0. The van der Waals surface area contributed by atoms with Crippen molar-refractivity contribution in [2.45, 2.75) is 9.79 Å². The Bertz CT molecular complexity index is 2940. The van der Waals surface area contributed by atoms with E-state index in [1.807, 2.05) is 11.8 Å². The lowest BCUT2D eigenvalue weighted by atomic mass is 9.92. The Morgan fingerprint density at radius 2 is 1.06 bits per heavy atom. The van der Waals surface area contributed by atoms with Crippen molar-refractivity contribution < 1.29 is 8.83 Å². The molecule has 2 nitrogen and oxygen atoms in total. The lowest BCUT2D eigenvalue weighted by molar-refractivity contribution is 0.669. The van der Waals surface area contributed by atoms with Gasteiger partial charge in [-0.2, -0.15) is 0 Å². The van der Waals surface area contributed by atoms with Gasteiger partial charge < -0.3 is 8.83 Å². The van der Waals surface area contributed by atoms with E-state index in [4.69, 9.17) is 8.83 Å². The minimum absolute atomic E-state index is 0.884. The highest BCUT2D eigenvalue weighted by Gasteiger charge is 2.21. The molecule has 2 aromatic heterocycles. The van der Waals surface area contributed by atoms with Crippen LogP contribution in [0.4, 0.5) is 0 Å². The van der Waals surface area contributed by atoms with Gasteiger partial charge in [-0.25, -0.2) is 0 Å². The van der Waals surface area contributed by atoms with E-state index in [2.05, 4.69) is 146 Å². The third kappa shape index (κ3) is 3.58. The Kier molecular flexibility index (Phi) is 5.08. The van der Waals surface area contributed by atoms with E-state index in [1.54, 1.807) is 0 Å². The molecular weight excluding hydrogens is 593 g/mol. The van der Waals surface area contributed by atoms with Crippen molar-refractivity contribution in [2.75, 3.05) is 0 Å². The van der Waals surface area contributed by atoms with Gasteiger partial charge >= 0.3 is 0 Å². The van der Waals surface area contributed by atoms with Crippen LogP contribution in [0.1, 0.15) is 0 Å². The van der Waals surface area contributed by atoms with Crippen LogP contribution in [-0.4, -0.2) is 0 Å². The van der Waals surface area contributed by atoms with Crippen LogP contribution in [0.5, 0.6) is 0 Å². The number of hydrogen-bond donors (Lipinski definition) is 0. The van der Waals surface area contributed by atoms with Crippen LogP contribution in [0, 0.1) is 0 Å². The molecule has 3 heterocycles. The normalized spacial score (nSPS) is 12.6. The van der Waals surface area contributed by atoms with Crippen LogP contribution in [0.3, 0.4) is 0 Å². The van der Waals surface area contributed by atoms with Gasteiger partial charge in [0.15, 0.2) is 0 Å². The van der Waals surface area contributed by atoms with E-state index in [0.29, 0.717) is 0 Å². The van der Waals surface area contributed by atoms with Gasteiger partial charge in [0.05, 0.1) is 0 Å². The van der Waals surface area contributed by atoms with E-state index in [-0.39, 0.29) is 0 Å². The summed E-state index contributed by atoms with van der Waals surface area (Å²) in [6, 6.07) is 52.3. The topological polar surface area (TPSA) is 26.3 Å². The molecule has 11 rings (SSSR count). The van der Waals surface area contributed by atoms with Crippen molar-refractivity contribution in [3.05, 3.63) is 146 Å². The van der Waals surface area contributed by atoms with Gasteiger partial charge in [0.1, 0.15) is 22.3 Å². The maximum absolute atomic E-state index is 6.63. The van der Waals surface area contributed by atoms with Crippen LogP contribution < -0.4 is 0 Å². The molecule has 8 aromatic carbocycles. The molecule has 0 unspecified atom stereocenters. The molecule has 0 amide bonds. The summed E-state index contributed by atoms with van der Waals surface area (Å²) in [5, 5.41) is 9.43. The first kappa shape index (κ1) is 25.4. The van der Waals surface area contributed by atoms with Gasteiger partial charge in [-0.3, -0.25) is 0 Å². The fourth-order valence-corrected chi connectivity index (χ4v) is 8.87. The first-order valence-electron chi connectivity index (χ1n) is 15.9. The lowest BCUT2D eigenvalue weighted by Gasteiger charge is -2.21. The third-order valence-corrected chi connectivity index (χ3v) is 11.0. The zero-order chi connectivity index (χ0) is 30.6. The molecule has 0 bridgehead atoms. The molecule has 47 heavy (non-hydrogen) atoms. The summed E-state index contributed by atoms with van der Waals surface area (Å²) in [6.45, 7) is 0. The molecule has 10 aromatic rings. The maximum Gasteiger partial charge on any atom is 0.143 e. The van der Waals surface area contributed by atoms with Crippen LogP contribution in [0.25, 0.3) is 98.8 Å². The Morgan fingerprint density at radius 3 is 1.96 bits per heavy atom. The van der Waals surface area contributed by atoms with Gasteiger partial charge in [-0.05, 0) is 92.7 Å². The van der Waals surface area contributed by atoms with Crippen molar-refractivity contribution in [3.63, 3.8) is 0 Å². The standard InChI is InChI=1S/C44H24O2S/c1-2-8-30-25(7-1)15-20-36-42-29(10-6-13-37(42)46-44(30)36)27-17-19-32-31-18-16-26(23-38(31)45-39(32)24-27)28-21-22-41-43-34(28)11-5-12-35(43)33-9-3-4-14-40(33)47-41/h1-24H. The predicted octanol–water partition coefficient (Wildman–Crippen LogP) is 13.3. The van der Waals surface area contributed by atoms with Crippen LogP contribution in [0.15, 0.2) is 164 Å². The molecule has 3 heteroatoms. The predicted molar refractivity (Wildman–Crippen MR) is 196 cm³/mol. The molecule has 0 atom stereocenters. The third-order valence-electron chi connectivity index (χ3n) is 9.88. The van der Waals surface area contributed by atoms with Crippen LogP contribution >= 0.6 is 11.8 Å². The average molecular weight is 617 g/mol. The van der Waals surface area contributed by atoms with Crippen molar-refractivity contribution in [1.82, 2.24) is 0 Å². The molecule has 0 aliphatic carbocycles. The highest BCUT2D eigenvalue weighted by atomic mass is 32.2. The molecule has 0 saturated carbocycles. The van der Waals surface area contributed by atoms with E-state index in [0.717, 1.165) is 66.0 Å². The van der Waals surface area contributed by atoms with E-state index in [1.165, 1.54) is 42.6 Å². The fourth-order valence-electron chi connectivity index (χ4n) is 7.74. The smallest absolute Gasteiger partial charge is 0.143 e. The van der Waals surface area contributed by atoms with Crippen molar-refractivity contribution in [3.8, 4) is 33.4 Å². The number of fused-ring (bicyclic) bond motifs is 10. The number of furan rings is 2. The summed E-state index contributed by atoms with van der Waals surface area (Å²) >= 11 is 1.86. The second kappa shape index (κ2) is 9.38. The highest BCUT2D eigenvalue weighted by molar-refractivity contribution is 7.99. The minimum Gasteiger partial charge on any atom is -0.456 e. The molecule has 0 spiro atoms. The molecule has 1 aliphatic heterocycles. The molecule has 1 aliphatic rings. The largest absolute Gasteiger partial charge is 0.456 e. The van der Waals surface area contributed by atoms with Gasteiger partial charge in [-0.1, -0.05) is 109 Å². The van der Waals surface area contributed by atoms with Gasteiger partial charge in [0.2, 0.25) is 0 Å². The number of hydrogen-bond acceptors (Lipinski definition) is 3. The molecule has 218 valence electrons. The number of rotatable bonds is 2. The lowest BCUT2D eigenvalue weighted by Crippen LogP contribution is -1.93. The zero-order valence-corrected chi connectivity index (χ0v) is 25.9. The van der Waals surface area contributed by atoms with Crippen LogP contribution in [0.2, 0.25) is 0 Å². The monoisotopic (exact) mass is 616 g/mol. The maximum atomic E-state index is 6.63. The first-order valence-corrected chi connectivity index (χ1v) is 16.7. The van der Waals surface area contributed by atoms with Crippen molar-refractivity contribution in [1.29, 1.82) is 0 Å². The van der Waals surface area contributed by atoms with Gasteiger partial charge in [0.25, 0.3) is 0 Å². The number of benzene rings is 8. The first-order chi connectivity index (χ1) is 23.3. The summed E-state index contributed by atoms with van der Waals surface area (Å²) in [6.07, 6.45) is 0. The van der Waals surface area contributed by atoms with Crippen molar-refractivity contribution >= 4 is 77.2 Å². The fraction of sp³-hybridized carbons (Fsp3) is 0. The Balaban J connectivity index is 1.06. The second-order valence-corrected chi connectivity index (χ2v) is 13.5. The Hall–Kier alpha value is -5.77. The van der Waals surface area contributed by atoms with Gasteiger partial charge in [-0.15, -0.1) is 0 Å². The Labute approximate surface area is 273 Å². The summed E-state index contributed by atoms with van der Waals surface area (Å²) in [5.74, 6) is 0. The van der Waals surface area contributed by atoms with E-state index >= 15 is 0 Å². The molecule has 0 N–H and O–H groups in total. The van der Waals surface area contributed by atoms with Crippen molar-refractivity contribution in [2.24, 2.45) is 0 Å². The summed E-state index contributed by atoms with van der Waals surface area (Å²) < 4.78 is 13.1. The average Bonchev–Trinajstić information content (AvgIpc) is 3.70. The second-order valence-electron chi connectivity index (χ2n) is 12.4. The zero-order valence-electron chi connectivity index (χ0n) is 25.1. The quantitative estimate of drug-likeness (QED) is 0.193. The molecular formula is C44H24O2S. The molecule has 0 fully saturated rings. The van der Waals surface area contributed by atoms with E-state index < -0.39 is 0 Å². The van der Waals surface area contributed by atoms with Crippen LogP contribution in [-0.2, 0) is 0 Å².